The highest BCUT2D eigenvalue weighted by molar-refractivity contribution is 5.95. The first-order chi connectivity index (χ1) is 27.6. The van der Waals surface area contributed by atoms with Crippen LogP contribution in [0.2, 0.25) is 0 Å². The highest BCUT2D eigenvalue weighted by Crippen LogP contribution is 2.40. The number of nitrogens with one attached hydrogen (secondary N) is 1. The van der Waals surface area contributed by atoms with Crippen molar-refractivity contribution in [2.75, 3.05) is 54.7 Å². The second-order valence-electron chi connectivity index (χ2n) is 13.8. The molecule has 9 nitrogen and oxygen atoms in total. The van der Waals surface area contributed by atoms with Crippen LogP contribution in [0, 0.1) is 0 Å². The van der Waals surface area contributed by atoms with E-state index in [0.29, 0.717) is 46.1 Å². The monoisotopic (exact) mass is 757 g/mol. The second-order valence-corrected chi connectivity index (χ2v) is 13.8. The highest BCUT2D eigenvalue weighted by Gasteiger charge is 2.37. The molecule has 0 saturated carbocycles. The lowest BCUT2D eigenvalue weighted by molar-refractivity contribution is -0.0655. The van der Waals surface area contributed by atoms with Crippen LogP contribution in [-0.4, -0.2) is 67.0 Å². The predicted octanol–water partition coefficient (Wildman–Crippen LogP) is 8.87. The standard InChI is InChI=1S/C47H51NO8/c1-49-41-25-34(46(51-3)39-17-10-8-15-37(39)41)30-55-43-27-48-28-44(56-31-35-26-42(50-2)38-16-9-11-18-40(38)47(35)52-4)45(43)33-19-21-36(22-20-33)54-24-12-23-53-29-32-13-6-5-7-14-32/h5-11,13-22,25-26,43-45,48H,12,23-24,27-31H2,1-4H3/t43-,44+,45?. The number of benzene rings is 6. The van der Waals surface area contributed by atoms with Gasteiger partial charge in [0.05, 0.1) is 73.7 Å². The summed E-state index contributed by atoms with van der Waals surface area (Å²) < 4.78 is 49.2. The zero-order valence-electron chi connectivity index (χ0n) is 32.6. The molecular weight excluding hydrogens is 707 g/mol. The Kier molecular flexibility index (Phi) is 13.2. The number of rotatable bonds is 18. The van der Waals surface area contributed by atoms with Crippen molar-refractivity contribution < 1.29 is 37.9 Å². The van der Waals surface area contributed by atoms with Crippen LogP contribution in [0.1, 0.15) is 34.6 Å². The minimum atomic E-state index is -0.225. The summed E-state index contributed by atoms with van der Waals surface area (Å²) in [6.07, 6.45) is 0.343. The van der Waals surface area contributed by atoms with Crippen LogP contribution in [-0.2, 0) is 34.0 Å². The van der Waals surface area contributed by atoms with Gasteiger partial charge in [-0.15, -0.1) is 0 Å². The molecule has 0 amide bonds. The molecule has 6 aromatic rings. The first-order valence-corrected chi connectivity index (χ1v) is 19.1. The van der Waals surface area contributed by atoms with Crippen LogP contribution in [0.25, 0.3) is 21.5 Å². The van der Waals surface area contributed by atoms with E-state index in [1.165, 1.54) is 5.56 Å². The van der Waals surface area contributed by atoms with Gasteiger partial charge in [0, 0.05) is 58.1 Å². The summed E-state index contributed by atoms with van der Waals surface area (Å²) in [5.74, 6) is 3.81. The van der Waals surface area contributed by atoms with Gasteiger partial charge in [0.15, 0.2) is 0 Å². The van der Waals surface area contributed by atoms with Gasteiger partial charge in [-0.2, -0.15) is 0 Å². The van der Waals surface area contributed by atoms with E-state index in [4.69, 9.17) is 37.9 Å². The molecule has 0 radical (unpaired) electrons. The third-order valence-corrected chi connectivity index (χ3v) is 10.4. The first-order valence-electron chi connectivity index (χ1n) is 19.1. The van der Waals surface area contributed by atoms with Gasteiger partial charge >= 0.3 is 0 Å². The molecule has 1 unspecified atom stereocenters. The molecule has 7 rings (SSSR count). The minimum absolute atomic E-state index is 0.0987. The van der Waals surface area contributed by atoms with E-state index in [0.717, 1.165) is 73.4 Å². The highest BCUT2D eigenvalue weighted by atomic mass is 16.5. The molecule has 6 aromatic carbocycles. The number of methoxy groups -OCH3 is 4. The Morgan fingerprint density at radius 3 is 1.57 bits per heavy atom. The Morgan fingerprint density at radius 2 is 1.05 bits per heavy atom. The zero-order valence-corrected chi connectivity index (χ0v) is 32.6. The third kappa shape index (κ3) is 8.87. The van der Waals surface area contributed by atoms with E-state index in [9.17, 15) is 0 Å². The lowest BCUT2D eigenvalue weighted by Crippen LogP contribution is -2.50. The van der Waals surface area contributed by atoms with E-state index >= 15 is 0 Å². The third-order valence-electron chi connectivity index (χ3n) is 10.4. The molecule has 1 saturated heterocycles. The average Bonchev–Trinajstić information content (AvgIpc) is 3.25. The normalized spacial score (nSPS) is 16.8. The molecule has 1 aliphatic rings. The Morgan fingerprint density at radius 1 is 0.536 bits per heavy atom. The second kappa shape index (κ2) is 19.0. The Bertz CT molecular complexity index is 2070. The van der Waals surface area contributed by atoms with E-state index in [1.807, 2.05) is 91.0 Å². The number of hydrogen-bond acceptors (Lipinski definition) is 9. The fourth-order valence-corrected chi connectivity index (χ4v) is 7.69. The Balaban J connectivity index is 1.10. The summed E-state index contributed by atoms with van der Waals surface area (Å²) in [6, 6.07) is 38.7. The molecule has 0 bridgehead atoms. The van der Waals surface area contributed by atoms with Crippen molar-refractivity contribution >= 4 is 21.5 Å². The molecule has 1 N–H and O–H groups in total. The van der Waals surface area contributed by atoms with Gasteiger partial charge in [0.25, 0.3) is 0 Å². The van der Waals surface area contributed by atoms with Crippen LogP contribution in [0.15, 0.2) is 115 Å². The van der Waals surface area contributed by atoms with Gasteiger partial charge in [-0.3, -0.25) is 0 Å². The topological polar surface area (TPSA) is 85.9 Å². The maximum absolute atomic E-state index is 6.85. The fraction of sp³-hybridized carbons (Fsp3) is 0.319. The van der Waals surface area contributed by atoms with Gasteiger partial charge in [0.2, 0.25) is 0 Å². The molecule has 9 heteroatoms. The minimum Gasteiger partial charge on any atom is -0.496 e. The molecule has 56 heavy (non-hydrogen) atoms. The van der Waals surface area contributed by atoms with Gasteiger partial charge in [-0.25, -0.2) is 0 Å². The predicted molar refractivity (Wildman–Crippen MR) is 220 cm³/mol. The summed E-state index contributed by atoms with van der Waals surface area (Å²) in [7, 11) is 6.78. The van der Waals surface area contributed by atoms with Crippen LogP contribution >= 0.6 is 0 Å². The van der Waals surface area contributed by atoms with Crippen molar-refractivity contribution in [3.63, 3.8) is 0 Å². The van der Waals surface area contributed by atoms with Gasteiger partial charge < -0.3 is 43.2 Å². The number of piperidine rings is 1. The molecule has 292 valence electrons. The number of fused-ring (bicyclic) bond motifs is 2. The lowest BCUT2D eigenvalue weighted by atomic mass is 9.85. The molecule has 3 atom stereocenters. The fourth-order valence-electron chi connectivity index (χ4n) is 7.69. The van der Waals surface area contributed by atoms with E-state index < -0.39 is 0 Å². The van der Waals surface area contributed by atoms with Crippen molar-refractivity contribution in [2.24, 2.45) is 0 Å². The quantitative estimate of drug-likeness (QED) is 0.0865. The summed E-state index contributed by atoms with van der Waals surface area (Å²) >= 11 is 0. The average molecular weight is 758 g/mol. The van der Waals surface area contributed by atoms with E-state index in [1.54, 1.807) is 28.4 Å². The molecule has 0 spiro atoms. The van der Waals surface area contributed by atoms with Crippen LogP contribution < -0.4 is 29.0 Å². The Labute approximate surface area is 329 Å². The van der Waals surface area contributed by atoms with Crippen LogP contribution in [0.5, 0.6) is 28.7 Å². The van der Waals surface area contributed by atoms with Crippen molar-refractivity contribution in [1.29, 1.82) is 0 Å². The molecular formula is C47H51NO8. The molecule has 0 aliphatic carbocycles. The van der Waals surface area contributed by atoms with Gasteiger partial charge in [0.1, 0.15) is 28.7 Å². The van der Waals surface area contributed by atoms with Crippen molar-refractivity contribution in [2.45, 2.75) is 44.4 Å². The van der Waals surface area contributed by atoms with Crippen molar-refractivity contribution in [3.8, 4) is 28.7 Å². The van der Waals surface area contributed by atoms with Crippen molar-refractivity contribution in [1.82, 2.24) is 5.32 Å². The summed E-state index contributed by atoms with van der Waals surface area (Å²) in [6.45, 7) is 3.72. The summed E-state index contributed by atoms with van der Waals surface area (Å²) in [5, 5.41) is 7.52. The summed E-state index contributed by atoms with van der Waals surface area (Å²) in [5.41, 5.74) is 4.09. The maximum Gasteiger partial charge on any atom is 0.132 e. The maximum atomic E-state index is 6.85. The molecule has 1 aliphatic heterocycles. The SMILES string of the molecule is COc1cc(CO[C@H]2CNC[C@@H](OCc3cc(OC)c4ccccc4c3OC)C2c2ccc(OCCCOCc3ccccc3)cc2)c(OC)c2ccccc12. The van der Waals surface area contributed by atoms with Crippen LogP contribution in [0.4, 0.5) is 0 Å². The zero-order chi connectivity index (χ0) is 38.7. The van der Waals surface area contributed by atoms with Gasteiger partial charge in [-0.05, 0) is 35.4 Å². The molecule has 0 aromatic heterocycles. The largest absolute Gasteiger partial charge is 0.496 e. The smallest absolute Gasteiger partial charge is 0.132 e. The number of hydrogen-bond donors (Lipinski definition) is 1. The van der Waals surface area contributed by atoms with E-state index in [-0.39, 0.29) is 18.1 Å². The summed E-state index contributed by atoms with van der Waals surface area (Å²) in [4.78, 5) is 0. The van der Waals surface area contributed by atoms with Gasteiger partial charge in [-0.1, -0.05) is 91.0 Å². The van der Waals surface area contributed by atoms with Crippen LogP contribution in [0.3, 0.4) is 0 Å². The lowest BCUT2D eigenvalue weighted by Gasteiger charge is -2.39. The molecule has 1 fully saturated rings. The number of ether oxygens (including phenoxy) is 8. The van der Waals surface area contributed by atoms with E-state index in [2.05, 4.69) is 29.6 Å². The molecule has 1 heterocycles. The first kappa shape index (κ1) is 38.9. The Hall–Kier alpha value is -5.32. The van der Waals surface area contributed by atoms with Crippen molar-refractivity contribution in [3.05, 3.63) is 138 Å².